The Labute approximate surface area is 99.7 Å². The first-order chi connectivity index (χ1) is 7.56. The number of aliphatic carboxylic acids is 1. The van der Waals surface area contributed by atoms with Gasteiger partial charge in [0.15, 0.2) is 0 Å². The molecule has 0 aliphatic heterocycles. The Morgan fingerprint density at radius 3 is 2.12 bits per heavy atom. The van der Waals surface area contributed by atoms with Crippen LogP contribution in [0.5, 0.6) is 0 Å². The summed E-state index contributed by atoms with van der Waals surface area (Å²) >= 11 is 0. The van der Waals surface area contributed by atoms with Crippen molar-refractivity contribution in [2.24, 2.45) is 5.41 Å². The van der Waals surface area contributed by atoms with Crippen LogP contribution >= 0.6 is 0 Å². The number of hydrogen-bond acceptors (Lipinski definition) is 1. The first kappa shape index (κ1) is 15.2. The maximum atomic E-state index is 11.0. The van der Waals surface area contributed by atoms with Crippen molar-refractivity contribution in [1.29, 1.82) is 0 Å². The fourth-order valence-corrected chi connectivity index (χ4v) is 1.75. The van der Waals surface area contributed by atoms with Gasteiger partial charge in [-0.05, 0) is 13.3 Å². The SMILES string of the molecule is C=CC(C)(CCCCCCCCC)C(=O)O. The summed E-state index contributed by atoms with van der Waals surface area (Å²) in [6.07, 6.45) is 10.8. The second-order valence-corrected chi connectivity index (χ2v) is 4.80. The van der Waals surface area contributed by atoms with E-state index >= 15 is 0 Å². The zero-order valence-electron chi connectivity index (χ0n) is 10.8. The summed E-state index contributed by atoms with van der Waals surface area (Å²) in [5.74, 6) is -0.756. The van der Waals surface area contributed by atoms with Gasteiger partial charge < -0.3 is 5.11 Å². The first-order valence-corrected chi connectivity index (χ1v) is 6.44. The van der Waals surface area contributed by atoms with Crippen molar-refractivity contribution in [1.82, 2.24) is 0 Å². The zero-order chi connectivity index (χ0) is 12.4. The Balaban J connectivity index is 3.57. The lowest BCUT2D eigenvalue weighted by molar-refractivity contribution is -0.145. The van der Waals surface area contributed by atoms with Crippen molar-refractivity contribution >= 4 is 5.97 Å². The molecule has 94 valence electrons. The Bertz CT molecular complexity index is 211. The van der Waals surface area contributed by atoms with E-state index in [2.05, 4.69) is 13.5 Å². The van der Waals surface area contributed by atoms with Gasteiger partial charge in [0.05, 0.1) is 5.41 Å². The van der Waals surface area contributed by atoms with Crippen LogP contribution in [0.1, 0.15) is 65.2 Å². The summed E-state index contributed by atoms with van der Waals surface area (Å²) in [4.78, 5) is 11.0. The molecule has 0 heterocycles. The van der Waals surface area contributed by atoms with Gasteiger partial charge in [-0.2, -0.15) is 0 Å². The van der Waals surface area contributed by atoms with Gasteiger partial charge in [-0.1, -0.05) is 57.9 Å². The molecule has 0 fully saturated rings. The van der Waals surface area contributed by atoms with E-state index in [1.807, 2.05) is 0 Å². The molecule has 0 aromatic heterocycles. The molecule has 0 saturated carbocycles. The molecular weight excluding hydrogens is 200 g/mol. The smallest absolute Gasteiger partial charge is 0.313 e. The highest BCUT2D eigenvalue weighted by Crippen LogP contribution is 2.26. The van der Waals surface area contributed by atoms with Crippen LogP contribution in [0.4, 0.5) is 0 Å². The van der Waals surface area contributed by atoms with Crippen LogP contribution in [0.2, 0.25) is 0 Å². The third-order valence-electron chi connectivity index (χ3n) is 3.24. The third kappa shape index (κ3) is 5.94. The van der Waals surface area contributed by atoms with E-state index in [4.69, 9.17) is 5.11 Å². The van der Waals surface area contributed by atoms with E-state index in [0.717, 1.165) is 12.8 Å². The van der Waals surface area contributed by atoms with Gasteiger partial charge in [-0.25, -0.2) is 0 Å². The number of unbranched alkanes of at least 4 members (excludes halogenated alkanes) is 6. The van der Waals surface area contributed by atoms with E-state index < -0.39 is 11.4 Å². The topological polar surface area (TPSA) is 37.3 Å². The summed E-state index contributed by atoms with van der Waals surface area (Å²) in [6.45, 7) is 7.57. The highest BCUT2D eigenvalue weighted by atomic mass is 16.4. The fourth-order valence-electron chi connectivity index (χ4n) is 1.75. The van der Waals surface area contributed by atoms with Crippen molar-refractivity contribution in [3.63, 3.8) is 0 Å². The minimum Gasteiger partial charge on any atom is -0.481 e. The number of rotatable bonds is 10. The third-order valence-corrected chi connectivity index (χ3v) is 3.24. The molecule has 0 rings (SSSR count). The highest BCUT2D eigenvalue weighted by Gasteiger charge is 2.28. The molecule has 0 spiro atoms. The van der Waals surface area contributed by atoms with Crippen LogP contribution in [0.25, 0.3) is 0 Å². The molecule has 1 atom stereocenters. The van der Waals surface area contributed by atoms with Crippen LogP contribution in [0.15, 0.2) is 12.7 Å². The highest BCUT2D eigenvalue weighted by molar-refractivity contribution is 5.76. The lowest BCUT2D eigenvalue weighted by Gasteiger charge is -2.19. The fraction of sp³-hybridized carbons (Fsp3) is 0.786. The molecule has 2 nitrogen and oxygen atoms in total. The van der Waals surface area contributed by atoms with Gasteiger partial charge >= 0.3 is 5.97 Å². The second kappa shape index (κ2) is 8.37. The van der Waals surface area contributed by atoms with Crippen LogP contribution in [0, 0.1) is 5.41 Å². The predicted octanol–water partition coefficient (Wildman–Crippen LogP) is 4.40. The van der Waals surface area contributed by atoms with Crippen molar-refractivity contribution < 1.29 is 9.90 Å². The van der Waals surface area contributed by atoms with Crippen molar-refractivity contribution in [2.45, 2.75) is 65.2 Å². The lowest BCUT2D eigenvalue weighted by Crippen LogP contribution is -2.24. The largest absolute Gasteiger partial charge is 0.481 e. The predicted molar refractivity (Wildman–Crippen MR) is 68.5 cm³/mol. The number of carbonyl (C=O) groups is 1. The maximum Gasteiger partial charge on any atom is 0.313 e. The number of hydrogen-bond donors (Lipinski definition) is 1. The first-order valence-electron chi connectivity index (χ1n) is 6.44. The summed E-state index contributed by atoms with van der Waals surface area (Å²) in [5.41, 5.74) is -0.733. The molecule has 0 saturated heterocycles. The van der Waals surface area contributed by atoms with Gasteiger partial charge in [-0.3, -0.25) is 4.79 Å². The minimum atomic E-state index is -0.756. The summed E-state index contributed by atoms with van der Waals surface area (Å²) in [7, 11) is 0. The summed E-state index contributed by atoms with van der Waals surface area (Å²) in [6, 6.07) is 0. The van der Waals surface area contributed by atoms with E-state index in [9.17, 15) is 4.79 Å². The summed E-state index contributed by atoms with van der Waals surface area (Å²) in [5, 5.41) is 9.03. The standard InChI is InChI=1S/C14H26O2/c1-4-6-7-8-9-10-11-12-14(3,5-2)13(15)16/h5H,2,4,6-12H2,1,3H3,(H,15,16). The number of carboxylic acids is 1. The maximum absolute atomic E-state index is 11.0. The molecule has 0 radical (unpaired) electrons. The van der Waals surface area contributed by atoms with Crippen molar-refractivity contribution in [3.05, 3.63) is 12.7 Å². The van der Waals surface area contributed by atoms with E-state index in [0.29, 0.717) is 6.42 Å². The average Bonchev–Trinajstić information content (AvgIpc) is 2.27. The zero-order valence-corrected chi connectivity index (χ0v) is 10.8. The molecular formula is C14H26O2. The van der Waals surface area contributed by atoms with Gasteiger partial charge in [0, 0.05) is 0 Å². The molecule has 2 heteroatoms. The van der Waals surface area contributed by atoms with Crippen molar-refractivity contribution in [3.8, 4) is 0 Å². The molecule has 0 aromatic carbocycles. The van der Waals surface area contributed by atoms with Crippen LogP contribution in [-0.4, -0.2) is 11.1 Å². The van der Waals surface area contributed by atoms with Gasteiger partial charge in [0.1, 0.15) is 0 Å². The van der Waals surface area contributed by atoms with E-state index in [-0.39, 0.29) is 0 Å². The molecule has 0 aliphatic rings. The molecule has 0 bridgehead atoms. The minimum absolute atomic E-state index is 0.708. The quantitative estimate of drug-likeness (QED) is 0.442. The molecule has 1 N–H and O–H groups in total. The van der Waals surface area contributed by atoms with Gasteiger partial charge in [0.2, 0.25) is 0 Å². The Morgan fingerprint density at radius 2 is 1.69 bits per heavy atom. The van der Waals surface area contributed by atoms with Gasteiger partial charge in [0.25, 0.3) is 0 Å². The van der Waals surface area contributed by atoms with Crippen molar-refractivity contribution in [2.75, 3.05) is 0 Å². The number of carboxylic acid groups (broad SMARTS) is 1. The molecule has 16 heavy (non-hydrogen) atoms. The second-order valence-electron chi connectivity index (χ2n) is 4.80. The van der Waals surface area contributed by atoms with E-state index in [1.54, 1.807) is 13.0 Å². The van der Waals surface area contributed by atoms with Crippen LogP contribution < -0.4 is 0 Å². The average molecular weight is 226 g/mol. The Hall–Kier alpha value is -0.790. The molecule has 0 aromatic rings. The Kier molecular flexibility index (Phi) is 7.96. The Morgan fingerprint density at radius 1 is 1.19 bits per heavy atom. The summed E-state index contributed by atoms with van der Waals surface area (Å²) < 4.78 is 0. The molecule has 1 unspecified atom stereocenters. The molecule has 0 amide bonds. The van der Waals surface area contributed by atoms with E-state index in [1.165, 1.54) is 32.1 Å². The monoisotopic (exact) mass is 226 g/mol. The van der Waals surface area contributed by atoms with Crippen LogP contribution in [-0.2, 0) is 4.79 Å². The van der Waals surface area contributed by atoms with Crippen LogP contribution in [0.3, 0.4) is 0 Å². The molecule has 0 aliphatic carbocycles. The van der Waals surface area contributed by atoms with Gasteiger partial charge in [-0.15, -0.1) is 6.58 Å². The normalized spacial score (nSPS) is 14.4. The lowest BCUT2D eigenvalue weighted by atomic mass is 9.85.